The van der Waals surface area contributed by atoms with E-state index in [1.165, 1.54) is 26.0 Å². The van der Waals surface area contributed by atoms with Crippen molar-refractivity contribution in [3.05, 3.63) is 35.7 Å². The van der Waals surface area contributed by atoms with Crippen LogP contribution in [-0.4, -0.2) is 79.5 Å². The van der Waals surface area contributed by atoms with Crippen LogP contribution in [0.4, 0.5) is 0 Å². The molecule has 31 heavy (non-hydrogen) atoms. The summed E-state index contributed by atoms with van der Waals surface area (Å²) >= 11 is 0. The number of aromatic nitrogens is 2. The van der Waals surface area contributed by atoms with Gasteiger partial charge in [0.1, 0.15) is 16.8 Å². The number of para-hydroxylation sites is 2. The number of nitrogens with zero attached hydrogens (tertiary/aromatic N) is 3. The third-order valence-corrected chi connectivity index (χ3v) is 8.40. The molecule has 3 N–H and O–H groups in total. The van der Waals surface area contributed by atoms with Gasteiger partial charge < -0.3 is 20.4 Å². The lowest BCUT2D eigenvalue weighted by molar-refractivity contribution is -0.159. The quantitative estimate of drug-likeness (QED) is 0.503. The Labute approximate surface area is 174 Å². The summed E-state index contributed by atoms with van der Waals surface area (Å²) in [5, 5.41) is 19.5. The van der Waals surface area contributed by atoms with Crippen molar-refractivity contribution in [2.24, 2.45) is 0 Å². The van der Waals surface area contributed by atoms with Crippen molar-refractivity contribution in [3.63, 3.8) is 0 Å². The third kappa shape index (κ3) is 2.69. The molecule has 2 aliphatic rings. The number of carboxylic acids is 2. The Bertz CT molecular complexity index is 1290. The number of fused-ring (bicyclic) bond motifs is 2. The molecular formula is C18H16N4O8S. The molecular weight excluding hydrogens is 432 g/mol. The summed E-state index contributed by atoms with van der Waals surface area (Å²) in [5.74, 6) is -5.03. The smallest absolute Gasteiger partial charge is 0.357 e. The summed E-state index contributed by atoms with van der Waals surface area (Å²) in [7, 11) is -4.17. The van der Waals surface area contributed by atoms with Crippen LogP contribution in [0.15, 0.2) is 24.3 Å². The second-order valence-corrected chi connectivity index (χ2v) is 10.3. The predicted octanol–water partition coefficient (Wildman–Crippen LogP) is -0.745. The first-order valence-electron chi connectivity index (χ1n) is 8.99. The molecule has 0 bridgehead atoms. The zero-order chi connectivity index (χ0) is 22.9. The summed E-state index contributed by atoms with van der Waals surface area (Å²) in [5.41, 5.74) is -0.814. The average Bonchev–Trinajstić information content (AvgIpc) is 2.84. The van der Waals surface area contributed by atoms with E-state index in [0.717, 1.165) is 0 Å². The van der Waals surface area contributed by atoms with Crippen molar-refractivity contribution in [1.29, 1.82) is 0 Å². The topological polar surface area (TPSA) is 184 Å². The Morgan fingerprint density at radius 2 is 1.61 bits per heavy atom. The highest BCUT2D eigenvalue weighted by atomic mass is 32.2. The molecule has 2 aromatic rings. The maximum Gasteiger partial charge on any atom is 0.357 e. The van der Waals surface area contributed by atoms with E-state index in [0.29, 0.717) is 4.90 Å². The fourth-order valence-corrected chi connectivity index (χ4v) is 6.17. The summed E-state index contributed by atoms with van der Waals surface area (Å²) in [4.78, 5) is 57.1. The molecule has 1 aromatic carbocycles. The Morgan fingerprint density at radius 1 is 1.06 bits per heavy atom. The SMILES string of the molecule is CC1(C)[C@H](C(=O)O)N2C(=O)[C@@H](NC(=O)c3nc4ccccc4nc3C(=O)O)[C@H]2S1(=O)=O. The van der Waals surface area contributed by atoms with Crippen LogP contribution in [0.25, 0.3) is 11.0 Å². The zero-order valence-corrected chi connectivity index (χ0v) is 17.0. The molecule has 0 saturated carbocycles. The number of rotatable bonds is 4. The van der Waals surface area contributed by atoms with Crippen LogP contribution in [0, 0.1) is 0 Å². The minimum atomic E-state index is -4.17. The molecule has 13 heteroatoms. The van der Waals surface area contributed by atoms with Gasteiger partial charge in [-0.15, -0.1) is 0 Å². The monoisotopic (exact) mass is 448 g/mol. The Morgan fingerprint density at radius 3 is 2.13 bits per heavy atom. The summed E-state index contributed by atoms with van der Waals surface area (Å²) in [6.45, 7) is 2.39. The van der Waals surface area contributed by atoms with Crippen LogP contribution in [0.2, 0.25) is 0 Å². The molecule has 0 radical (unpaired) electrons. The molecule has 1 aromatic heterocycles. The molecule has 162 valence electrons. The Hall–Kier alpha value is -3.61. The first-order chi connectivity index (χ1) is 14.4. The van der Waals surface area contributed by atoms with E-state index in [9.17, 15) is 37.8 Å². The maximum absolute atomic E-state index is 12.9. The lowest BCUT2D eigenvalue weighted by Gasteiger charge is -2.42. The van der Waals surface area contributed by atoms with Crippen LogP contribution in [0.1, 0.15) is 34.8 Å². The number of carbonyl (C=O) groups is 4. The first-order valence-corrected chi connectivity index (χ1v) is 10.5. The van der Waals surface area contributed by atoms with Gasteiger partial charge in [0, 0.05) is 0 Å². The first kappa shape index (κ1) is 20.7. The van der Waals surface area contributed by atoms with Gasteiger partial charge in [0.25, 0.3) is 5.91 Å². The summed E-state index contributed by atoms with van der Waals surface area (Å²) in [6, 6.07) is 3.03. The number of nitrogens with one attached hydrogen (secondary N) is 1. The summed E-state index contributed by atoms with van der Waals surface area (Å²) in [6.07, 6.45) is 0. The minimum absolute atomic E-state index is 0.222. The molecule has 12 nitrogen and oxygen atoms in total. The van der Waals surface area contributed by atoms with Crippen molar-refractivity contribution in [1.82, 2.24) is 20.2 Å². The van der Waals surface area contributed by atoms with Gasteiger partial charge in [-0.25, -0.2) is 28.0 Å². The standard InChI is InChI=1S/C18H16N4O8S/c1-18(2)12(17(27)28)22-14(24)11(15(22)31(18,29)30)21-13(23)9-10(16(25)26)20-8-6-4-3-5-7(8)19-9/h3-6,11-12,15H,1-2H3,(H,21,23)(H,25,26)(H,27,28)/t11-,12+,15-/m1/s1. The molecule has 2 saturated heterocycles. The number of aliphatic carboxylic acids is 1. The molecule has 3 atom stereocenters. The largest absolute Gasteiger partial charge is 0.480 e. The van der Waals surface area contributed by atoms with E-state index in [2.05, 4.69) is 15.3 Å². The van der Waals surface area contributed by atoms with Gasteiger partial charge in [-0.3, -0.25) is 9.59 Å². The molecule has 2 amide bonds. The number of carboxylic acid groups (broad SMARTS) is 2. The lowest BCUT2D eigenvalue weighted by atomic mass is 9.96. The van der Waals surface area contributed by atoms with E-state index < -0.39 is 67.2 Å². The number of sulfone groups is 1. The normalized spacial score (nSPS) is 25.5. The van der Waals surface area contributed by atoms with Gasteiger partial charge in [-0.1, -0.05) is 12.1 Å². The van der Waals surface area contributed by atoms with Crippen LogP contribution in [-0.2, 0) is 19.4 Å². The Balaban J connectivity index is 1.71. The van der Waals surface area contributed by atoms with Crippen LogP contribution < -0.4 is 5.32 Å². The van der Waals surface area contributed by atoms with E-state index >= 15 is 0 Å². The predicted molar refractivity (Wildman–Crippen MR) is 103 cm³/mol. The van der Waals surface area contributed by atoms with Crippen LogP contribution >= 0.6 is 0 Å². The molecule has 3 heterocycles. The number of carbonyl (C=O) groups excluding carboxylic acids is 2. The highest BCUT2D eigenvalue weighted by Crippen LogP contribution is 2.46. The number of hydrogen-bond donors (Lipinski definition) is 3. The second kappa shape index (κ2) is 6.44. The molecule has 2 fully saturated rings. The van der Waals surface area contributed by atoms with Gasteiger partial charge in [-0.05, 0) is 26.0 Å². The van der Waals surface area contributed by atoms with Crippen molar-refractivity contribution in [2.75, 3.05) is 0 Å². The Kier molecular flexibility index (Phi) is 4.29. The number of aromatic carboxylic acids is 1. The average molecular weight is 448 g/mol. The van der Waals surface area contributed by atoms with Crippen molar-refractivity contribution < 1.29 is 37.8 Å². The van der Waals surface area contributed by atoms with Crippen LogP contribution in [0.5, 0.6) is 0 Å². The zero-order valence-electron chi connectivity index (χ0n) is 16.1. The van der Waals surface area contributed by atoms with Gasteiger partial charge >= 0.3 is 11.9 Å². The van der Waals surface area contributed by atoms with Crippen molar-refractivity contribution >= 4 is 44.6 Å². The highest BCUT2D eigenvalue weighted by Gasteiger charge is 2.72. The van der Waals surface area contributed by atoms with Gasteiger partial charge in [0.05, 0.1) is 11.0 Å². The van der Waals surface area contributed by atoms with Crippen molar-refractivity contribution in [3.8, 4) is 0 Å². The van der Waals surface area contributed by atoms with Crippen molar-refractivity contribution in [2.45, 2.75) is 36.1 Å². The minimum Gasteiger partial charge on any atom is -0.480 e. The number of hydrogen-bond acceptors (Lipinski definition) is 8. The van der Waals surface area contributed by atoms with E-state index in [-0.39, 0.29) is 11.0 Å². The molecule has 0 spiro atoms. The highest BCUT2D eigenvalue weighted by molar-refractivity contribution is 7.94. The molecule has 2 aliphatic heterocycles. The number of amides is 2. The molecule has 4 rings (SSSR count). The van der Waals surface area contributed by atoms with Crippen LogP contribution in [0.3, 0.4) is 0 Å². The lowest BCUT2D eigenvalue weighted by Crippen LogP contribution is -2.72. The fraction of sp³-hybridized carbons (Fsp3) is 0.333. The third-order valence-electron chi connectivity index (χ3n) is 5.58. The van der Waals surface area contributed by atoms with E-state index in [1.54, 1.807) is 12.1 Å². The molecule has 0 aliphatic carbocycles. The van der Waals surface area contributed by atoms with E-state index in [1.807, 2.05) is 0 Å². The maximum atomic E-state index is 12.9. The van der Waals surface area contributed by atoms with Gasteiger partial charge in [0.2, 0.25) is 5.91 Å². The number of β-lactam (4-membered cyclic amide) rings is 1. The van der Waals surface area contributed by atoms with Gasteiger partial charge in [0.15, 0.2) is 26.6 Å². The summed E-state index contributed by atoms with van der Waals surface area (Å²) < 4.78 is 24.0. The molecule has 0 unspecified atom stereocenters. The fourth-order valence-electron chi connectivity index (χ4n) is 3.96. The second-order valence-electron chi connectivity index (χ2n) is 7.69. The van der Waals surface area contributed by atoms with Gasteiger partial charge in [-0.2, -0.15) is 0 Å². The number of benzene rings is 1. The van der Waals surface area contributed by atoms with E-state index in [4.69, 9.17) is 0 Å².